The molecule has 0 saturated carbocycles. The van der Waals surface area contributed by atoms with E-state index in [0.29, 0.717) is 12.2 Å². The Bertz CT molecular complexity index is 954. The highest BCUT2D eigenvalue weighted by atomic mass is 79.9. The van der Waals surface area contributed by atoms with Crippen molar-refractivity contribution in [1.29, 1.82) is 0 Å². The number of anilines is 1. The first-order chi connectivity index (χ1) is 13.7. The summed E-state index contributed by atoms with van der Waals surface area (Å²) in [6.45, 7) is 2.13. The molecule has 2 aromatic carbocycles. The molecule has 2 rings (SSSR count). The molecule has 158 valence electrons. The maximum absolute atomic E-state index is 12.3. The molecule has 1 amide bonds. The lowest BCUT2D eigenvalue weighted by Crippen LogP contribution is -2.40. The van der Waals surface area contributed by atoms with Crippen molar-refractivity contribution in [3.05, 3.63) is 63.1 Å². The Morgan fingerprint density at radius 2 is 2.00 bits per heavy atom. The third kappa shape index (κ3) is 8.20. The van der Waals surface area contributed by atoms with E-state index in [9.17, 15) is 13.2 Å². The van der Waals surface area contributed by atoms with E-state index in [4.69, 9.17) is 11.6 Å². The molecular formula is C20H24BrClN2O3S2. The first-order valence-corrected chi connectivity index (χ1v) is 13.2. The zero-order valence-electron chi connectivity index (χ0n) is 16.3. The summed E-state index contributed by atoms with van der Waals surface area (Å²) in [6, 6.07) is 12.9. The van der Waals surface area contributed by atoms with Crippen LogP contribution in [0.5, 0.6) is 0 Å². The Kier molecular flexibility index (Phi) is 9.33. The maximum atomic E-state index is 12.3. The van der Waals surface area contributed by atoms with Crippen LogP contribution in [-0.2, 0) is 20.6 Å². The highest BCUT2D eigenvalue weighted by Gasteiger charge is 2.21. The number of sulfonamides is 1. The van der Waals surface area contributed by atoms with Crippen molar-refractivity contribution < 1.29 is 13.2 Å². The highest BCUT2D eigenvalue weighted by molar-refractivity contribution is 9.10. The van der Waals surface area contributed by atoms with Gasteiger partial charge in [-0.05, 0) is 60.6 Å². The summed E-state index contributed by atoms with van der Waals surface area (Å²) >= 11 is 11.1. The summed E-state index contributed by atoms with van der Waals surface area (Å²) in [7, 11) is -3.57. The molecule has 0 aromatic heterocycles. The SMILES string of the molecule is Cc1cc(N(CC(=O)NCCCSCc2cccc(Cl)c2)S(C)(=O)=O)ccc1Br. The number of hydrogen-bond donors (Lipinski definition) is 1. The maximum Gasteiger partial charge on any atom is 0.240 e. The van der Waals surface area contributed by atoms with Gasteiger partial charge in [-0.15, -0.1) is 0 Å². The third-order valence-electron chi connectivity index (χ3n) is 4.06. The predicted molar refractivity (Wildman–Crippen MR) is 126 cm³/mol. The van der Waals surface area contributed by atoms with Crippen LogP contribution in [-0.4, -0.2) is 39.4 Å². The lowest BCUT2D eigenvalue weighted by atomic mass is 10.2. The molecule has 1 N–H and O–H groups in total. The van der Waals surface area contributed by atoms with Gasteiger partial charge in [-0.25, -0.2) is 8.42 Å². The third-order valence-corrected chi connectivity index (χ3v) is 7.44. The number of halogens is 2. The Balaban J connectivity index is 1.79. The van der Waals surface area contributed by atoms with Gasteiger partial charge in [0.2, 0.25) is 15.9 Å². The molecule has 29 heavy (non-hydrogen) atoms. The van der Waals surface area contributed by atoms with Crippen LogP contribution in [0, 0.1) is 6.92 Å². The van der Waals surface area contributed by atoms with Crippen LogP contribution in [0.2, 0.25) is 5.02 Å². The molecule has 0 spiro atoms. The molecule has 0 aliphatic heterocycles. The van der Waals surface area contributed by atoms with Crippen LogP contribution in [0.4, 0.5) is 5.69 Å². The van der Waals surface area contributed by atoms with Crippen molar-refractivity contribution in [2.75, 3.05) is 29.4 Å². The smallest absolute Gasteiger partial charge is 0.240 e. The lowest BCUT2D eigenvalue weighted by molar-refractivity contribution is -0.119. The number of benzene rings is 2. The van der Waals surface area contributed by atoms with Gasteiger partial charge in [0, 0.05) is 21.8 Å². The van der Waals surface area contributed by atoms with Gasteiger partial charge in [-0.2, -0.15) is 11.8 Å². The van der Waals surface area contributed by atoms with Crippen molar-refractivity contribution in [2.45, 2.75) is 19.1 Å². The molecule has 0 aliphatic carbocycles. The fourth-order valence-electron chi connectivity index (χ4n) is 2.59. The number of amides is 1. The number of nitrogens with one attached hydrogen (secondary N) is 1. The Morgan fingerprint density at radius 1 is 1.24 bits per heavy atom. The minimum atomic E-state index is -3.57. The Morgan fingerprint density at radius 3 is 2.66 bits per heavy atom. The highest BCUT2D eigenvalue weighted by Crippen LogP contribution is 2.24. The standard InChI is InChI=1S/C20H24BrClN2O3S2/c1-15-11-18(7-8-19(15)21)24(29(2,26)27)13-20(25)23-9-4-10-28-14-16-5-3-6-17(22)12-16/h3,5-8,11-12H,4,9-10,13-14H2,1-2H3,(H,23,25). The van der Waals surface area contributed by atoms with Crippen LogP contribution in [0.3, 0.4) is 0 Å². The molecule has 0 atom stereocenters. The van der Waals surface area contributed by atoms with E-state index in [1.807, 2.05) is 31.2 Å². The van der Waals surface area contributed by atoms with E-state index < -0.39 is 10.0 Å². The molecular weight excluding hydrogens is 496 g/mol. The first kappa shape index (κ1) is 24.1. The molecule has 0 bridgehead atoms. The second kappa shape index (κ2) is 11.2. The van der Waals surface area contributed by atoms with E-state index in [0.717, 1.165) is 43.5 Å². The van der Waals surface area contributed by atoms with Gasteiger partial charge in [-0.3, -0.25) is 9.10 Å². The molecule has 0 aliphatic rings. The summed E-state index contributed by atoms with van der Waals surface area (Å²) in [5, 5.41) is 3.53. The number of nitrogens with zero attached hydrogens (tertiary/aromatic N) is 1. The minimum Gasteiger partial charge on any atom is -0.354 e. The van der Waals surface area contributed by atoms with Crippen molar-refractivity contribution in [2.24, 2.45) is 0 Å². The monoisotopic (exact) mass is 518 g/mol. The van der Waals surface area contributed by atoms with Gasteiger partial charge in [0.1, 0.15) is 6.54 Å². The first-order valence-electron chi connectivity index (χ1n) is 8.99. The average molecular weight is 520 g/mol. The average Bonchev–Trinajstić information content (AvgIpc) is 2.64. The Labute approximate surface area is 190 Å². The van der Waals surface area contributed by atoms with E-state index in [2.05, 4.69) is 21.2 Å². The topological polar surface area (TPSA) is 66.5 Å². The van der Waals surface area contributed by atoms with E-state index >= 15 is 0 Å². The van der Waals surface area contributed by atoms with Gasteiger partial charge in [-0.1, -0.05) is 39.7 Å². The normalized spacial score (nSPS) is 11.3. The molecule has 0 unspecified atom stereocenters. The van der Waals surface area contributed by atoms with Crippen LogP contribution in [0.25, 0.3) is 0 Å². The second-order valence-electron chi connectivity index (χ2n) is 6.59. The molecule has 0 saturated heterocycles. The molecule has 2 aromatic rings. The quantitative estimate of drug-likeness (QED) is 0.465. The molecule has 0 fully saturated rings. The second-order valence-corrected chi connectivity index (χ2v) is 10.9. The number of hydrogen-bond acceptors (Lipinski definition) is 4. The summed E-state index contributed by atoms with van der Waals surface area (Å²) in [4.78, 5) is 12.3. The van der Waals surface area contributed by atoms with Crippen LogP contribution in [0.15, 0.2) is 46.9 Å². The summed E-state index contributed by atoms with van der Waals surface area (Å²) in [5.74, 6) is 1.42. The zero-order chi connectivity index (χ0) is 21.4. The van der Waals surface area contributed by atoms with Crippen LogP contribution < -0.4 is 9.62 Å². The molecule has 9 heteroatoms. The van der Waals surface area contributed by atoms with E-state index in [-0.39, 0.29) is 12.5 Å². The molecule has 0 heterocycles. The van der Waals surface area contributed by atoms with Gasteiger partial charge in [0.05, 0.1) is 11.9 Å². The van der Waals surface area contributed by atoms with E-state index in [1.165, 1.54) is 5.56 Å². The van der Waals surface area contributed by atoms with Crippen molar-refractivity contribution in [3.63, 3.8) is 0 Å². The van der Waals surface area contributed by atoms with Gasteiger partial charge in [0.15, 0.2) is 0 Å². The van der Waals surface area contributed by atoms with Crippen LogP contribution in [0.1, 0.15) is 17.5 Å². The Hall–Kier alpha value is -1.22. The largest absolute Gasteiger partial charge is 0.354 e. The fraction of sp³-hybridized carbons (Fsp3) is 0.350. The van der Waals surface area contributed by atoms with E-state index in [1.54, 1.807) is 30.0 Å². The number of aryl methyl sites for hydroxylation is 1. The number of rotatable bonds is 10. The molecule has 0 radical (unpaired) electrons. The van der Waals surface area contributed by atoms with Crippen molar-refractivity contribution in [3.8, 4) is 0 Å². The summed E-state index contributed by atoms with van der Waals surface area (Å²) < 4.78 is 26.3. The minimum absolute atomic E-state index is 0.241. The predicted octanol–water partition coefficient (Wildman–Crippen LogP) is 4.62. The molecule has 5 nitrogen and oxygen atoms in total. The van der Waals surface area contributed by atoms with Gasteiger partial charge in [0.25, 0.3) is 0 Å². The number of thioether (sulfide) groups is 1. The number of carbonyl (C=O) groups is 1. The van der Waals surface area contributed by atoms with Crippen LogP contribution >= 0.6 is 39.3 Å². The zero-order valence-corrected chi connectivity index (χ0v) is 20.3. The summed E-state index contributed by atoms with van der Waals surface area (Å²) in [6.07, 6.45) is 1.90. The fourth-order valence-corrected chi connectivity index (χ4v) is 4.81. The number of carbonyl (C=O) groups excluding carboxylic acids is 1. The van der Waals surface area contributed by atoms with Crippen molar-refractivity contribution >= 4 is 60.9 Å². The van der Waals surface area contributed by atoms with Gasteiger partial charge >= 0.3 is 0 Å². The van der Waals surface area contributed by atoms with Gasteiger partial charge < -0.3 is 5.32 Å². The van der Waals surface area contributed by atoms with Crippen molar-refractivity contribution in [1.82, 2.24) is 5.32 Å². The summed E-state index contributed by atoms with van der Waals surface area (Å²) in [5.41, 5.74) is 2.54. The lowest BCUT2D eigenvalue weighted by Gasteiger charge is -2.22.